The smallest absolute Gasteiger partial charge is 0.261 e. The topological polar surface area (TPSA) is 131 Å². The number of sulfonamides is 2. The average Bonchev–Trinajstić information content (AvgIpc) is 3.28. The molecule has 0 bridgehead atoms. The number of benzene rings is 2. The number of anilines is 1. The molecule has 0 saturated heterocycles. The largest absolute Gasteiger partial charge is 0.310 e. The summed E-state index contributed by atoms with van der Waals surface area (Å²) in [6.45, 7) is 2.76. The Bertz CT molecular complexity index is 1380. The molecule has 200 valence electrons. The highest BCUT2D eigenvalue weighted by atomic mass is 32.2. The Kier molecular flexibility index (Phi) is 8.20. The van der Waals surface area contributed by atoms with Crippen LogP contribution in [0.5, 0.6) is 0 Å². The maximum absolute atomic E-state index is 13.2. The van der Waals surface area contributed by atoms with Crippen LogP contribution < -0.4 is 19.7 Å². The van der Waals surface area contributed by atoms with Crippen LogP contribution in [-0.4, -0.2) is 36.3 Å². The van der Waals surface area contributed by atoms with Gasteiger partial charge in [-0.15, -0.1) is 0 Å². The van der Waals surface area contributed by atoms with Crippen molar-refractivity contribution in [2.45, 2.75) is 62.9 Å². The van der Waals surface area contributed by atoms with Crippen molar-refractivity contribution in [3.8, 4) is 0 Å². The Morgan fingerprint density at radius 3 is 2.35 bits per heavy atom. The number of quaternary nitrogens is 1. The van der Waals surface area contributed by atoms with Gasteiger partial charge in [-0.2, -0.15) is 4.99 Å². The van der Waals surface area contributed by atoms with Gasteiger partial charge in [-0.1, -0.05) is 50.3 Å². The van der Waals surface area contributed by atoms with Gasteiger partial charge in [0.05, 0.1) is 17.6 Å². The Morgan fingerprint density at radius 2 is 1.70 bits per heavy atom. The third-order valence-electron chi connectivity index (χ3n) is 7.11. The van der Waals surface area contributed by atoms with Crippen molar-refractivity contribution >= 4 is 37.8 Å². The summed E-state index contributed by atoms with van der Waals surface area (Å²) in [5, 5.41) is 8.51. The molecule has 11 heteroatoms. The lowest BCUT2D eigenvalue weighted by atomic mass is 9.85. The van der Waals surface area contributed by atoms with Crippen molar-refractivity contribution in [1.29, 1.82) is 0 Å². The van der Waals surface area contributed by atoms with Gasteiger partial charge in [0, 0.05) is 24.7 Å². The summed E-state index contributed by atoms with van der Waals surface area (Å²) in [6.07, 6.45) is 10.6. The molecule has 2 atom stereocenters. The van der Waals surface area contributed by atoms with Crippen LogP contribution in [0, 0.1) is 5.92 Å². The molecule has 2 aromatic carbocycles. The predicted molar refractivity (Wildman–Crippen MR) is 149 cm³/mol. The van der Waals surface area contributed by atoms with E-state index >= 15 is 0 Å². The van der Waals surface area contributed by atoms with Gasteiger partial charge < -0.3 is 5.32 Å². The Labute approximate surface area is 220 Å². The van der Waals surface area contributed by atoms with Crippen LogP contribution in [0.1, 0.15) is 51.0 Å². The summed E-state index contributed by atoms with van der Waals surface area (Å²) < 4.78 is 52.3. The third-order valence-corrected chi connectivity index (χ3v) is 9.29. The zero-order valence-corrected chi connectivity index (χ0v) is 22.9. The summed E-state index contributed by atoms with van der Waals surface area (Å²) in [4.78, 5) is 3.99. The van der Waals surface area contributed by atoms with E-state index in [9.17, 15) is 16.8 Å². The van der Waals surface area contributed by atoms with Crippen molar-refractivity contribution in [3.05, 3.63) is 65.3 Å². The first-order chi connectivity index (χ1) is 17.5. The minimum atomic E-state index is -3.93. The maximum Gasteiger partial charge on any atom is 0.261 e. The lowest BCUT2D eigenvalue weighted by molar-refractivity contribution is 0.305. The number of aliphatic imine (C=N–C) groups is 1. The number of hydrogen-bond donors (Lipinski definition) is 3. The highest BCUT2D eigenvalue weighted by molar-refractivity contribution is 7.93. The molecule has 2 aliphatic rings. The standard InChI is InChI=1S/C26H36N5O4S2/c1-20(16-21-8-4-3-5-9-21)28-17-22-10-6-7-11-25(22)30-37(34,35)24-14-12-23(13-15-24)31(2)18-26(29-19-31)36(27,32)33/h6-7,10-15,18-21,28,30H,3-5,8-9,16-17H2,1-2H3,(H2,27,32,33)/q+1/t20-,31?/m0/s1. The molecule has 4 rings (SSSR count). The Hall–Kier alpha value is -2.57. The van der Waals surface area contributed by atoms with Gasteiger partial charge in [0.2, 0.25) is 11.4 Å². The summed E-state index contributed by atoms with van der Waals surface area (Å²) >= 11 is 0. The monoisotopic (exact) mass is 546 g/mol. The van der Waals surface area contributed by atoms with E-state index in [4.69, 9.17) is 5.14 Å². The second kappa shape index (κ2) is 11.0. The molecule has 1 unspecified atom stereocenters. The number of primary sulfonamides is 1. The Morgan fingerprint density at radius 1 is 1.03 bits per heavy atom. The van der Waals surface area contributed by atoms with Crippen LogP contribution in [0.15, 0.2) is 69.6 Å². The first-order valence-corrected chi connectivity index (χ1v) is 15.6. The molecular formula is C26H36N5O4S2+. The minimum absolute atomic E-state index is 0.0485. The van der Waals surface area contributed by atoms with E-state index in [0.29, 0.717) is 24.0 Å². The molecule has 2 aromatic rings. The molecule has 0 aromatic heterocycles. The van der Waals surface area contributed by atoms with Crippen LogP contribution in [0.3, 0.4) is 0 Å². The van der Waals surface area contributed by atoms with Crippen molar-refractivity contribution in [1.82, 2.24) is 9.80 Å². The normalized spacial score (nSPS) is 21.5. The van der Waals surface area contributed by atoms with Crippen LogP contribution in [0.4, 0.5) is 11.4 Å². The van der Waals surface area contributed by atoms with Crippen molar-refractivity contribution in [2.75, 3.05) is 11.8 Å². The van der Waals surface area contributed by atoms with Gasteiger partial charge in [-0.3, -0.25) is 4.72 Å². The minimum Gasteiger partial charge on any atom is -0.310 e. The molecule has 1 fully saturated rings. The summed E-state index contributed by atoms with van der Waals surface area (Å²) in [6, 6.07) is 14.0. The number of para-hydroxylation sites is 1. The fraction of sp³-hybridized carbons (Fsp3) is 0.423. The molecule has 0 amide bonds. The predicted octanol–water partition coefficient (Wildman–Crippen LogP) is 4.00. The van der Waals surface area contributed by atoms with E-state index in [1.807, 2.05) is 18.2 Å². The van der Waals surface area contributed by atoms with E-state index in [2.05, 4.69) is 22.0 Å². The summed E-state index contributed by atoms with van der Waals surface area (Å²) in [7, 11) is -6.05. The van der Waals surface area contributed by atoms with Crippen LogP contribution in [-0.2, 0) is 26.6 Å². The van der Waals surface area contributed by atoms with E-state index in [0.717, 1.165) is 17.9 Å². The molecule has 1 aliphatic heterocycles. The van der Waals surface area contributed by atoms with Gasteiger partial charge in [-0.05, 0) is 43.0 Å². The summed E-state index contributed by atoms with van der Waals surface area (Å²) in [5.41, 5.74) is 2.05. The van der Waals surface area contributed by atoms with Gasteiger partial charge in [0.25, 0.3) is 20.0 Å². The lowest BCUT2D eigenvalue weighted by Crippen LogP contribution is -2.35. The number of nitrogens with two attached hydrogens (primary N) is 1. The molecule has 0 radical (unpaired) electrons. The number of hydrogen-bond acceptors (Lipinski definition) is 6. The van der Waals surface area contributed by atoms with Crippen LogP contribution in [0.25, 0.3) is 0 Å². The first-order valence-electron chi connectivity index (χ1n) is 12.6. The average molecular weight is 547 g/mol. The van der Waals surface area contributed by atoms with Crippen molar-refractivity contribution in [3.63, 3.8) is 0 Å². The second-order valence-corrected chi connectivity index (χ2v) is 13.4. The fourth-order valence-corrected chi connectivity index (χ4v) is 6.64. The van der Waals surface area contributed by atoms with Crippen LogP contribution in [0.2, 0.25) is 0 Å². The molecule has 1 heterocycles. The van der Waals surface area contributed by atoms with Crippen LogP contribution >= 0.6 is 0 Å². The molecule has 1 aliphatic carbocycles. The molecule has 1 saturated carbocycles. The van der Waals surface area contributed by atoms with E-state index in [-0.39, 0.29) is 14.4 Å². The van der Waals surface area contributed by atoms with Gasteiger partial charge in [0.1, 0.15) is 11.9 Å². The van der Waals surface area contributed by atoms with Crippen molar-refractivity contribution < 1.29 is 16.8 Å². The highest BCUT2D eigenvalue weighted by Gasteiger charge is 2.32. The molecule has 37 heavy (non-hydrogen) atoms. The second-order valence-electron chi connectivity index (χ2n) is 10.2. The fourth-order valence-electron chi connectivity index (χ4n) is 4.98. The molecular weight excluding hydrogens is 510 g/mol. The van der Waals surface area contributed by atoms with E-state index < -0.39 is 20.0 Å². The van der Waals surface area contributed by atoms with E-state index in [1.54, 1.807) is 25.2 Å². The number of nitrogens with zero attached hydrogens (tertiary/aromatic N) is 2. The quantitative estimate of drug-likeness (QED) is 0.388. The van der Waals surface area contributed by atoms with E-state index in [1.165, 1.54) is 56.8 Å². The molecule has 0 spiro atoms. The highest BCUT2D eigenvalue weighted by Crippen LogP contribution is 2.29. The van der Waals surface area contributed by atoms with Crippen molar-refractivity contribution in [2.24, 2.45) is 16.0 Å². The van der Waals surface area contributed by atoms with Gasteiger partial charge in [-0.25, -0.2) is 26.5 Å². The zero-order chi connectivity index (χ0) is 26.7. The molecule has 4 N–H and O–H groups in total. The first kappa shape index (κ1) is 27.5. The zero-order valence-electron chi connectivity index (χ0n) is 21.3. The lowest BCUT2D eigenvalue weighted by Gasteiger charge is -2.25. The number of nitrogens with one attached hydrogen (secondary N) is 2. The Balaban J connectivity index is 1.43. The SMILES string of the molecule is C[C@@H](CC1CCCCC1)NCc1ccccc1NS(=O)(=O)c1ccc([N+]2(C)C=NC(S(N)(=O)=O)=C2)cc1. The third kappa shape index (κ3) is 6.85. The molecule has 9 nitrogen and oxygen atoms in total. The summed E-state index contributed by atoms with van der Waals surface area (Å²) in [5.74, 6) is 0.770. The van der Waals surface area contributed by atoms with Gasteiger partial charge in [0.15, 0.2) is 0 Å². The van der Waals surface area contributed by atoms with Gasteiger partial charge >= 0.3 is 0 Å². The maximum atomic E-state index is 13.2. The number of rotatable bonds is 10.